The van der Waals surface area contributed by atoms with Crippen molar-refractivity contribution in [1.82, 2.24) is 5.32 Å². The molecule has 3 nitrogen and oxygen atoms in total. The summed E-state index contributed by atoms with van der Waals surface area (Å²) in [6.45, 7) is 2.46. The van der Waals surface area contributed by atoms with Crippen molar-refractivity contribution in [3.05, 3.63) is 33.3 Å². The second kappa shape index (κ2) is 5.49. The van der Waals surface area contributed by atoms with E-state index in [0.717, 1.165) is 0 Å². The fraction of sp³-hybridized carbons (Fsp3) is 0.300. The Labute approximate surface area is 102 Å². The highest BCUT2D eigenvalue weighted by molar-refractivity contribution is 9.10. The first kappa shape index (κ1) is 12.5. The van der Waals surface area contributed by atoms with Crippen molar-refractivity contribution in [2.24, 2.45) is 0 Å². The number of aliphatic carboxylic acids is 1. The Hall–Kier alpha value is -0.580. The van der Waals surface area contributed by atoms with Gasteiger partial charge in [0.25, 0.3) is 0 Å². The van der Waals surface area contributed by atoms with E-state index in [2.05, 4.69) is 21.2 Å². The van der Waals surface area contributed by atoms with Gasteiger partial charge in [0.2, 0.25) is 0 Å². The molecule has 0 amide bonds. The molecule has 0 heterocycles. The highest BCUT2D eigenvalue weighted by Gasteiger charge is 2.18. The summed E-state index contributed by atoms with van der Waals surface area (Å²) in [7, 11) is 0. The van der Waals surface area contributed by atoms with Crippen LogP contribution in [0.2, 0.25) is 5.02 Å². The zero-order valence-electron chi connectivity index (χ0n) is 8.13. The fourth-order valence-electron chi connectivity index (χ4n) is 1.24. The second-order valence-electron chi connectivity index (χ2n) is 3.00. The van der Waals surface area contributed by atoms with Crippen LogP contribution < -0.4 is 5.32 Å². The van der Waals surface area contributed by atoms with E-state index in [1.165, 1.54) is 0 Å². The van der Waals surface area contributed by atoms with E-state index >= 15 is 0 Å². The molecule has 0 radical (unpaired) electrons. The van der Waals surface area contributed by atoms with Crippen LogP contribution in [0.3, 0.4) is 0 Å². The molecule has 5 heteroatoms. The van der Waals surface area contributed by atoms with Gasteiger partial charge in [-0.1, -0.05) is 24.6 Å². The lowest BCUT2D eigenvalue weighted by Gasteiger charge is -2.13. The van der Waals surface area contributed by atoms with Crippen molar-refractivity contribution in [3.8, 4) is 0 Å². The van der Waals surface area contributed by atoms with Crippen LogP contribution in [0.4, 0.5) is 0 Å². The minimum absolute atomic E-state index is 0.569. The molecule has 2 N–H and O–H groups in total. The lowest BCUT2D eigenvalue weighted by molar-refractivity contribution is -0.139. The molecule has 0 saturated carbocycles. The average Bonchev–Trinajstić information content (AvgIpc) is 2.18. The van der Waals surface area contributed by atoms with Crippen LogP contribution in [0, 0.1) is 0 Å². The van der Waals surface area contributed by atoms with Gasteiger partial charge in [0.1, 0.15) is 6.04 Å². The summed E-state index contributed by atoms with van der Waals surface area (Å²) in [6, 6.07) is 4.40. The summed E-state index contributed by atoms with van der Waals surface area (Å²) in [4.78, 5) is 11.0. The van der Waals surface area contributed by atoms with Crippen LogP contribution in [0.5, 0.6) is 0 Å². The molecular formula is C10H11BrClNO2. The molecular weight excluding hydrogens is 281 g/mol. The number of nitrogens with one attached hydrogen (secondary N) is 1. The zero-order chi connectivity index (χ0) is 11.4. The molecule has 0 aliphatic carbocycles. The highest BCUT2D eigenvalue weighted by atomic mass is 79.9. The van der Waals surface area contributed by atoms with E-state index in [4.69, 9.17) is 16.7 Å². The number of halogens is 2. The number of likely N-dealkylation sites (N-methyl/N-ethyl adjacent to an activating group) is 1. The van der Waals surface area contributed by atoms with Crippen molar-refractivity contribution >= 4 is 33.5 Å². The lowest BCUT2D eigenvalue weighted by Crippen LogP contribution is -2.28. The summed E-state index contributed by atoms with van der Waals surface area (Å²) in [5.41, 5.74) is 0.681. The summed E-state index contributed by atoms with van der Waals surface area (Å²) < 4.78 is 0.700. The van der Waals surface area contributed by atoms with Gasteiger partial charge < -0.3 is 10.4 Å². The lowest BCUT2D eigenvalue weighted by atomic mass is 10.1. The van der Waals surface area contributed by atoms with Crippen LogP contribution in [0.15, 0.2) is 22.7 Å². The van der Waals surface area contributed by atoms with Gasteiger partial charge in [0, 0.05) is 4.47 Å². The Morgan fingerprint density at radius 1 is 1.67 bits per heavy atom. The van der Waals surface area contributed by atoms with Crippen molar-refractivity contribution in [1.29, 1.82) is 0 Å². The van der Waals surface area contributed by atoms with Gasteiger partial charge in [-0.3, -0.25) is 4.79 Å². The van der Waals surface area contributed by atoms with Crippen LogP contribution in [0.25, 0.3) is 0 Å². The molecule has 1 unspecified atom stereocenters. The summed E-state index contributed by atoms with van der Waals surface area (Å²) in [5, 5.41) is 12.5. The van der Waals surface area contributed by atoms with E-state index in [1.54, 1.807) is 18.2 Å². The smallest absolute Gasteiger partial charge is 0.325 e. The third-order valence-corrected chi connectivity index (χ3v) is 3.15. The number of carbonyl (C=O) groups is 1. The number of hydrogen-bond donors (Lipinski definition) is 2. The molecule has 15 heavy (non-hydrogen) atoms. The van der Waals surface area contributed by atoms with Crippen LogP contribution in [0.1, 0.15) is 18.5 Å². The monoisotopic (exact) mass is 291 g/mol. The van der Waals surface area contributed by atoms with Crippen molar-refractivity contribution < 1.29 is 9.90 Å². The third-order valence-electron chi connectivity index (χ3n) is 1.93. The molecule has 1 atom stereocenters. The number of carboxylic acids is 1. The summed E-state index contributed by atoms with van der Waals surface area (Å²) in [5.74, 6) is -0.897. The van der Waals surface area contributed by atoms with E-state index in [1.807, 2.05) is 6.92 Å². The van der Waals surface area contributed by atoms with E-state index in [0.29, 0.717) is 21.6 Å². The van der Waals surface area contributed by atoms with Gasteiger partial charge in [0.15, 0.2) is 0 Å². The molecule has 1 rings (SSSR count). The fourth-order valence-corrected chi connectivity index (χ4v) is 1.76. The maximum Gasteiger partial charge on any atom is 0.325 e. The molecule has 1 aromatic rings. The quantitative estimate of drug-likeness (QED) is 0.897. The van der Waals surface area contributed by atoms with Gasteiger partial charge in [-0.05, 0) is 40.2 Å². The van der Waals surface area contributed by atoms with Crippen molar-refractivity contribution in [3.63, 3.8) is 0 Å². The Kier molecular flexibility index (Phi) is 4.57. The summed E-state index contributed by atoms with van der Waals surface area (Å²) in [6.07, 6.45) is 0. The second-order valence-corrected chi connectivity index (χ2v) is 4.26. The summed E-state index contributed by atoms with van der Waals surface area (Å²) >= 11 is 9.09. The molecule has 0 bridgehead atoms. The molecule has 0 aliphatic heterocycles. The average molecular weight is 293 g/mol. The zero-order valence-corrected chi connectivity index (χ0v) is 10.5. The normalized spacial score (nSPS) is 12.5. The van der Waals surface area contributed by atoms with Gasteiger partial charge >= 0.3 is 5.97 Å². The predicted octanol–water partition coefficient (Wildman–Crippen LogP) is 2.84. The molecule has 0 spiro atoms. The van der Waals surface area contributed by atoms with E-state index in [9.17, 15) is 4.79 Å². The Balaban J connectivity index is 3.01. The minimum Gasteiger partial charge on any atom is -0.480 e. The first-order chi connectivity index (χ1) is 7.06. The Morgan fingerprint density at radius 2 is 2.33 bits per heavy atom. The minimum atomic E-state index is -0.897. The van der Waals surface area contributed by atoms with Crippen LogP contribution >= 0.6 is 27.5 Å². The maximum atomic E-state index is 11.0. The maximum absolute atomic E-state index is 11.0. The largest absolute Gasteiger partial charge is 0.480 e. The third kappa shape index (κ3) is 3.19. The molecule has 0 aromatic heterocycles. The van der Waals surface area contributed by atoms with Gasteiger partial charge in [-0.2, -0.15) is 0 Å². The van der Waals surface area contributed by atoms with Crippen molar-refractivity contribution in [2.45, 2.75) is 13.0 Å². The van der Waals surface area contributed by atoms with Gasteiger partial charge in [-0.15, -0.1) is 0 Å². The molecule has 1 aromatic carbocycles. The van der Waals surface area contributed by atoms with E-state index in [-0.39, 0.29) is 0 Å². The first-order valence-corrected chi connectivity index (χ1v) is 5.64. The molecule has 0 fully saturated rings. The van der Waals surface area contributed by atoms with Crippen molar-refractivity contribution in [2.75, 3.05) is 6.54 Å². The van der Waals surface area contributed by atoms with Crippen LogP contribution in [-0.2, 0) is 4.79 Å². The molecule has 0 aliphatic rings. The predicted molar refractivity (Wildman–Crippen MR) is 63.2 cm³/mol. The Morgan fingerprint density at radius 3 is 2.80 bits per heavy atom. The van der Waals surface area contributed by atoms with E-state index < -0.39 is 12.0 Å². The number of carboxylic acid groups (broad SMARTS) is 1. The topological polar surface area (TPSA) is 49.3 Å². The number of rotatable bonds is 4. The first-order valence-electron chi connectivity index (χ1n) is 4.47. The van der Waals surface area contributed by atoms with Gasteiger partial charge in [-0.25, -0.2) is 0 Å². The Bertz CT molecular complexity index is 370. The molecule has 82 valence electrons. The highest BCUT2D eigenvalue weighted by Crippen LogP contribution is 2.26. The van der Waals surface area contributed by atoms with Gasteiger partial charge in [0.05, 0.1) is 5.02 Å². The SMILES string of the molecule is CCNC(C(=O)O)c1ccc(Cl)c(Br)c1. The number of benzene rings is 1. The standard InChI is InChI=1S/C10H11BrClNO2/c1-2-13-9(10(14)15)6-3-4-8(12)7(11)5-6/h3-5,9,13H,2H2,1H3,(H,14,15). The van der Waals surface area contributed by atoms with Crippen LogP contribution in [-0.4, -0.2) is 17.6 Å². The number of hydrogen-bond acceptors (Lipinski definition) is 2. The molecule has 0 saturated heterocycles.